The predicted octanol–water partition coefficient (Wildman–Crippen LogP) is 1.70. The Balaban J connectivity index is 0.00000289. The minimum absolute atomic E-state index is 0. The van der Waals surface area contributed by atoms with E-state index in [0.717, 1.165) is 6.26 Å². The van der Waals surface area contributed by atoms with Crippen LogP contribution in [0.25, 0.3) is 0 Å². The molecule has 0 unspecified atom stereocenters. The third-order valence-electron chi connectivity index (χ3n) is 1.97. The molecule has 1 rings (SSSR count). The van der Waals surface area contributed by atoms with Crippen LogP contribution in [0.1, 0.15) is 0 Å². The number of rotatable bonds is 5. The van der Waals surface area contributed by atoms with Gasteiger partial charge in [-0.05, 0) is 30.3 Å². The van der Waals surface area contributed by atoms with E-state index in [4.69, 9.17) is 10.5 Å². The summed E-state index contributed by atoms with van der Waals surface area (Å²) in [6.07, 6.45) is 2.33. The monoisotopic (exact) mass is 295 g/mol. The van der Waals surface area contributed by atoms with Crippen molar-refractivity contribution in [3.05, 3.63) is 36.2 Å². The van der Waals surface area contributed by atoms with Crippen molar-refractivity contribution >= 4 is 22.2 Å². The zero-order valence-corrected chi connectivity index (χ0v) is 11.4. The van der Waals surface area contributed by atoms with Crippen molar-refractivity contribution in [3.8, 4) is 5.75 Å². The van der Waals surface area contributed by atoms with Crippen LogP contribution in [-0.4, -0.2) is 27.8 Å². The van der Waals surface area contributed by atoms with Crippen molar-refractivity contribution in [2.24, 2.45) is 5.73 Å². The molecule has 102 valence electrons. The number of halogens is 2. The Bertz CT molecular complexity index is 500. The number of sulfone groups is 1. The maximum Gasteiger partial charge on any atom is 0.175 e. The first kappa shape index (κ1) is 16.9. The maximum atomic E-state index is 12.9. The molecule has 0 saturated carbocycles. The Kier molecular flexibility index (Phi) is 6.90. The fourth-order valence-corrected chi connectivity index (χ4v) is 1.75. The summed E-state index contributed by atoms with van der Waals surface area (Å²) in [4.78, 5) is 0.197. The van der Waals surface area contributed by atoms with Crippen LogP contribution in [0, 0.1) is 0 Å². The van der Waals surface area contributed by atoms with Crippen LogP contribution in [-0.2, 0) is 9.84 Å². The first-order chi connectivity index (χ1) is 7.93. The van der Waals surface area contributed by atoms with E-state index >= 15 is 0 Å². The van der Waals surface area contributed by atoms with Crippen LogP contribution < -0.4 is 10.5 Å². The average molecular weight is 296 g/mol. The van der Waals surface area contributed by atoms with Crippen LogP contribution in [0.15, 0.2) is 41.1 Å². The van der Waals surface area contributed by atoms with Crippen LogP contribution in [0.5, 0.6) is 5.75 Å². The molecule has 0 fully saturated rings. The second kappa shape index (κ2) is 7.35. The van der Waals surface area contributed by atoms with Crippen molar-refractivity contribution < 1.29 is 17.5 Å². The van der Waals surface area contributed by atoms with Gasteiger partial charge in [-0.3, -0.25) is 0 Å². The molecule has 0 aliphatic rings. The average Bonchev–Trinajstić information content (AvgIpc) is 2.26. The van der Waals surface area contributed by atoms with E-state index < -0.39 is 15.7 Å². The summed E-state index contributed by atoms with van der Waals surface area (Å²) in [7, 11) is -3.22. The molecule has 0 spiro atoms. The topological polar surface area (TPSA) is 69.4 Å². The Morgan fingerprint density at radius 3 is 2.39 bits per heavy atom. The lowest BCUT2D eigenvalue weighted by molar-refractivity contribution is 0.318. The third-order valence-corrected chi connectivity index (χ3v) is 3.10. The van der Waals surface area contributed by atoms with E-state index in [1.54, 1.807) is 0 Å². The molecular weight excluding hydrogens is 281 g/mol. The Hall–Kier alpha value is -1.11. The highest BCUT2D eigenvalue weighted by Gasteiger charge is 2.06. The molecule has 7 heteroatoms. The highest BCUT2D eigenvalue weighted by atomic mass is 35.5. The summed E-state index contributed by atoms with van der Waals surface area (Å²) in [5.41, 5.74) is 5.13. The fourth-order valence-electron chi connectivity index (χ4n) is 1.12. The summed E-state index contributed by atoms with van der Waals surface area (Å²) in [6, 6.07) is 5.78. The minimum Gasteiger partial charge on any atom is -0.487 e. The van der Waals surface area contributed by atoms with Gasteiger partial charge in [-0.25, -0.2) is 12.8 Å². The summed E-state index contributed by atoms with van der Waals surface area (Å²) < 4.78 is 40.4. The molecular formula is C11H15ClFNO3S. The quantitative estimate of drug-likeness (QED) is 0.898. The van der Waals surface area contributed by atoms with Gasteiger partial charge in [-0.1, -0.05) is 0 Å². The van der Waals surface area contributed by atoms with Gasteiger partial charge in [0.15, 0.2) is 9.84 Å². The van der Waals surface area contributed by atoms with E-state index in [1.807, 2.05) is 0 Å². The normalized spacial score (nSPS) is 11.8. The van der Waals surface area contributed by atoms with Gasteiger partial charge in [0.05, 0.1) is 4.90 Å². The van der Waals surface area contributed by atoms with Gasteiger partial charge >= 0.3 is 0 Å². The van der Waals surface area contributed by atoms with Gasteiger partial charge in [-0.2, -0.15) is 0 Å². The van der Waals surface area contributed by atoms with E-state index in [2.05, 4.69) is 0 Å². The van der Waals surface area contributed by atoms with Gasteiger partial charge in [0, 0.05) is 12.8 Å². The SMILES string of the molecule is CS(=O)(=O)c1ccc(OCC(F)=CCN)cc1.Cl. The zero-order valence-electron chi connectivity index (χ0n) is 9.80. The lowest BCUT2D eigenvalue weighted by Gasteiger charge is -2.05. The van der Waals surface area contributed by atoms with Crippen LogP contribution in [0.2, 0.25) is 0 Å². The van der Waals surface area contributed by atoms with Crippen molar-refractivity contribution in [3.63, 3.8) is 0 Å². The molecule has 0 atom stereocenters. The number of hydrogen-bond donors (Lipinski definition) is 1. The summed E-state index contributed by atoms with van der Waals surface area (Å²) in [5, 5.41) is 0. The van der Waals surface area contributed by atoms with Gasteiger partial charge < -0.3 is 10.5 Å². The minimum atomic E-state index is -3.22. The lowest BCUT2D eigenvalue weighted by Crippen LogP contribution is -2.02. The van der Waals surface area contributed by atoms with Gasteiger partial charge in [0.2, 0.25) is 0 Å². The Labute approximate surface area is 112 Å². The molecule has 0 aliphatic heterocycles. The second-order valence-corrected chi connectivity index (χ2v) is 5.43. The third kappa shape index (κ3) is 5.48. The standard InChI is InChI=1S/C11H14FNO3S.ClH/c1-17(14,15)11-4-2-10(3-5-11)16-8-9(12)6-7-13;/h2-6H,7-8,13H2,1H3;1H. The van der Waals surface area contributed by atoms with Gasteiger partial charge in [-0.15, -0.1) is 12.4 Å². The van der Waals surface area contributed by atoms with E-state index in [1.165, 1.54) is 30.3 Å². The van der Waals surface area contributed by atoms with Crippen LogP contribution >= 0.6 is 12.4 Å². The van der Waals surface area contributed by atoms with Crippen LogP contribution in [0.4, 0.5) is 4.39 Å². The Morgan fingerprint density at radius 1 is 1.39 bits per heavy atom. The van der Waals surface area contributed by atoms with Gasteiger partial charge in [0.25, 0.3) is 0 Å². The first-order valence-corrected chi connectivity index (χ1v) is 6.80. The van der Waals surface area contributed by atoms with Gasteiger partial charge in [0.1, 0.15) is 18.2 Å². The molecule has 0 saturated heterocycles. The summed E-state index contributed by atoms with van der Waals surface area (Å²) in [5.74, 6) is -0.0577. The van der Waals surface area contributed by atoms with Crippen LogP contribution in [0.3, 0.4) is 0 Å². The molecule has 0 heterocycles. The van der Waals surface area contributed by atoms with Crippen molar-refractivity contribution in [2.75, 3.05) is 19.4 Å². The highest BCUT2D eigenvalue weighted by molar-refractivity contribution is 7.90. The van der Waals surface area contributed by atoms with Crippen molar-refractivity contribution in [1.29, 1.82) is 0 Å². The van der Waals surface area contributed by atoms with E-state index in [0.29, 0.717) is 5.75 Å². The predicted molar refractivity (Wildman–Crippen MR) is 70.5 cm³/mol. The smallest absolute Gasteiger partial charge is 0.175 e. The lowest BCUT2D eigenvalue weighted by atomic mass is 10.3. The largest absolute Gasteiger partial charge is 0.487 e. The van der Waals surface area contributed by atoms with Crippen molar-refractivity contribution in [1.82, 2.24) is 0 Å². The number of nitrogens with two attached hydrogens (primary N) is 1. The Morgan fingerprint density at radius 2 is 1.94 bits per heavy atom. The molecule has 0 bridgehead atoms. The molecule has 18 heavy (non-hydrogen) atoms. The molecule has 1 aromatic carbocycles. The molecule has 0 amide bonds. The second-order valence-electron chi connectivity index (χ2n) is 3.42. The maximum absolute atomic E-state index is 12.9. The fraction of sp³-hybridized carbons (Fsp3) is 0.273. The number of hydrogen-bond acceptors (Lipinski definition) is 4. The molecule has 1 aromatic rings. The summed E-state index contributed by atoms with van der Waals surface area (Å²) >= 11 is 0. The molecule has 4 nitrogen and oxygen atoms in total. The molecule has 0 aliphatic carbocycles. The van der Waals surface area contributed by atoms with Crippen molar-refractivity contribution in [2.45, 2.75) is 4.90 Å². The molecule has 0 aromatic heterocycles. The zero-order chi connectivity index (χ0) is 12.9. The van der Waals surface area contributed by atoms with E-state index in [9.17, 15) is 12.8 Å². The number of benzene rings is 1. The molecule has 2 N–H and O–H groups in total. The summed E-state index contributed by atoms with van der Waals surface area (Å²) in [6.45, 7) is -0.0996. The van der Waals surface area contributed by atoms with E-state index in [-0.39, 0.29) is 30.5 Å². The number of ether oxygens (including phenoxy) is 1. The first-order valence-electron chi connectivity index (χ1n) is 4.91. The highest BCUT2D eigenvalue weighted by Crippen LogP contribution is 2.16. The molecule has 0 radical (unpaired) electrons.